The molecule has 0 amide bonds. The quantitative estimate of drug-likeness (QED) is 0.447. The van der Waals surface area contributed by atoms with Gasteiger partial charge in [0.2, 0.25) is 5.95 Å². The number of nitrogens with zero attached hydrogens (tertiary/aromatic N) is 4. The van der Waals surface area contributed by atoms with Gasteiger partial charge in [0.05, 0.1) is 12.1 Å². The fourth-order valence-electron chi connectivity index (χ4n) is 5.58. The maximum absolute atomic E-state index is 15.4. The molecule has 4 heterocycles. The van der Waals surface area contributed by atoms with Crippen LogP contribution in [0.25, 0.3) is 27.9 Å². The number of pyridine rings is 1. The highest BCUT2D eigenvalue weighted by Crippen LogP contribution is 2.46. The van der Waals surface area contributed by atoms with Crippen molar-refractivity contribution in [3.63, 3.8) is 0 Å². The number of carboxylic acids is 1. The fraction of sp³-hybridized carbons (Fsp3) is 0.364. The molecule has 8 nitrogen and oxygen atoms in total. The zero-order valence-corrected chi connectivity index (χ0v) is 16.9. The molecular formula is C22H20F2N6O2. The Kier molecular flexibility index (Phi) is 4.17. The van der Waals surface area contributed by atoms with Gasteiger partial charge >= 0.3 is 5.97 Å². The molecule has 1 unspecified atom stereocenters. The third-order valence-corrected chi connectivity index (χ3v) is 7.04. The lowest BCUT2D eigenvalue weighted by atomic mass is 9.61. The molecule has 0 spiro atoms. The molecule has 3 aliphatic carbocycles. The number of hydrogen-bond donors (Lipinski definition) is 3. The summed E-state index contributed by atoms with van der Waals surface area (Å²) in [5.74, 6) is -2.39. The molecule has 4 aromatic heterocycles. The van der Waals surface area contributed by atoms with Crippen LogP contribution in [0, 0.1) is 29.5 Å². The van der Waals surface area contributed by atoms with Crippen molar-refractivity contribution in [2.75, 3.05) is 5.32 Å². The van der Waals surface area contributed by atoms with E-state index in [1.54, 1.807) is 6.20 Å². The second kappa shape index (κ2) is 6.98. The van der Waals surface area contributed by atoms with E-state index in [1.165, 1.54) is 22.9 Å². The number of aliphatic carboxylic acids is 1. The first-order valence-electron chi connectivity index (χ1n) is 10.7. The number of aromatic amines is 1. The van der Waals surface area contributed by atoms with Gasteiger partial charge in [0, 0.05) is 35.6 Å². The third kappa shape index (κ3) is 2.78. The lowest BCUT2D eigenvalue weighted by molar-refractivity contribution is -0.148. The van der Waals surface area contributed by atoms with Crippen LogP contribution >= 0.6 is 0 Å². The number of halogens is 2. The zero-order chi connectivity index (χ0) is 22.0. The standard InChI is InChI=1S/C22H20F2N6O2/c23-12-7-13-14(9-27-19(13)26-8-12)17-21-25-5-6-30(21)18(24)20(29-17)28-16-11-3-1-10(2-4-11)15(16)22(31)32/h5-11,15-16,28H,1-4H2,(H,26,27)(H,31,32)/t10-,11+,15-,16?/m0/s1. The first kappa shape index (κ1) is 19.1. The number of nitrogens with one attached hydrogen (secondary N) is 2. The summed E-state index contributed by atoms with van der Waals surface area (Å²) < 4.78 is 30.5. The molecular weight excluding hydrogens is 418 g/mol. The van der Waals surface area contributed by atoms with Crippen LogP contribution in [-0.2, 0) is 4.79 Å². The molecule has 7 rings (SSSR count). The van der Waals surface area contributed by atoms with Crippen molar-refractivity contribution >= 4 is 28.5 Å². The van der Waals surface area contributed by atoms with E-state index in [1.807, 2.05) is 0 Å². The molecule has 3 fully saturated rings. The van der Waals surface area contributed by atoms with Crippen molar-refractivity contribution in [2.45, 2.75) is 31.7 Å². The van der Waals surface area contributed by atoms with Crippen LogP contribution in [-0.4, -0.2) is 41.5 Å². The summed E-state index contributed by atoms with van der Waals surface area (Å²) in [4.78, 5) is 27.8. The van der Waals surface area contributed by atoms with Gasteiger partial charge in [-0.3, -0.25) is 9.20 Å². The predicted octanol–water partition coefficient (Wildman–Crippen LogP) is 3.85. The topological polar surface area (TPSA) is 108 Å². The van der Waals surface area contributed by atoms with Gasteiger partial charge in [-0.2, -0.15) is 4.39 Å². The predicted molar refractivity (Wildman–Crippen MR) is 112 cm³/mol. The van der Waals surface area contributed by atoms with E-state index in [4.69, 9.17) is 0 Å². The van der Waals surface area contributed by atoms with E-state index in [0.29, 0.717) is 22.3 Å². The van der Waals surface area contributed by atoms with Gasteiger partial charge in [-0.15, -0.1) is 0 Å². The van der Waals surface area contributed by atoms with Crippen LogP contribution in [0.4, 0.5) is 14.6 Å². The summed E-state index contributed by atoms with van der Waals surface area (Å²) >= 11 is 0. The summed E-state index contributed by atoms with van der Waals surface area (Å²) in [5.41, 5.74) is 1.64. The summed E-state index contributed by atoms with van der Waals surface area (Å²) in [6, 6.07) is 0.935. The van der Waals surface area contributed by atoms with E-state index in [9.17, 15) is 14.3 Å². The molecule has 0 aliphatic heterocycles. The molecule has 164 valence electrons. The number of fused-ring (bicyclic) bond motifs is 5. The highest BCUT2D eigenvalue weighted by Gasteiger charge is 2.47. The first-order chi connectivity index (χ1) is 15.5. The molecule has 0 radical (unpaired) electrons. The van der Waals surface area contributed by atoms with Gasteiger partial charge in [-0.1, -0.05) is 0 Å². The monoisotopic (exact) mass is 438 g/mol. The summed E-state index contributed by atoms with van der Waals surface area (Å²) in [5, 5.41) is 13.5. The Hall–Kier alpha value is -3.56. The molecule has 4 aromatic rings. The van der Waals surface area contributed by atoms with Crippen LogP contribution in [0.2, 0.25) is 0 Å². The highest BCUT2D eigenvalue weighted by molar-refractivity contribution is 5.96. The van der Waals surface area contributed by atoms with Crippen molar-refractivity contribution in [1.29, 1.82) is 0 Å². The van der Waals surface area contributed by atoms with Crippen LogP contribution in [0.15, 0.2) is 30.9 Å². The molecule has 0 aromatic carbocycles. The lowest BCUT2D eigenvalue weighted by Crippen LogP contribution is -2.51. The maximum Gasteiger partial charge on any atom is 0.308 e. The second-order valence-electron chi connectivity index (χ2n) is 8.68. The summed E-state index contributed by atoms with van der Waals surface area (Å²) in [7, 11) is 0. The second-order valence-corrected chi connectivity index (χ2v) is 8.68. The average molecular weight is 438 g/mol. The molecule has 2 atom stereocenters. The largest absolute Gasteiger partial charge is 0.481 e. The molecule has 3 N–H and O–H groups in total. The normalized spacial score (nSPS) is 24.9. The number of anilines is 1. The van der Waals surface area contributed by atoms with Gasteiger partial charge in [0.1, 0.15) is 17.2 Å². The molecule has 3 saturated carbocycles. The van der Waals surface area contributed by atoms with Gasteiger partial charge in [-0.05, 0) is 43.6 Å². The lowest BCUT2D eigenvalue weighted by Gasteiger charge is -2.47. The minimum Gasteiger partial charge on any atom is -0.481 e. The van der Waals surface area contributed by atoms with Gasteiger partial charge in [-0.25, -0.2) is 19.3 Å². The first-order valence-corrected chi connectivity index (χ1v) is 10.7. The highest BCUT2D eigenvalue weighted by atomic mass is 19.1. The molecule has 3 aliphatic rings. The minimum absolute atomic E-state index is 0.0342. The molecule has 32 heavy (non-hydrogen) atoms. The van der Waals surface area contributed by atoms with Crippen LogP contribution in [0.1, 0.15) is 25.7 Å². The smallest absolute Gasteiger partial charge is 0.308 e. The van der Waals surface area contributed by atoms with Crippen molar-refractivity contribution in [2.24, 2.45) is 17.8 Å². The van der Waals surface area contributed by atoms with Crippen molar-refractivity contribution < 1.29 is 18.7 Å². The number of H-pyrrole nitrogens is 1. The summed E-state index contributed by atoms with van der Waals surface area (Å²) in [6.45, 7) is 0. The van der Waals surface area contributed by atoms with Crippen LogP contribution < -0.4 is 5.32 Å². The number of hydrogen-bond acceptors (Lipinski definition) is 5. The van der Waals surface area contributed by atoms with Gasteiger partial charge < -0.3 is 15.4 Å². The van der Waals surface area contributed by atoms with Crippen LogP contribution in [0.3, 0.4) is 0 Å². The van der Waals surface area contributed by atoms with E-state index in [-0.39, 0.29) is 23.3 Å². The third-order valence-electron chi connectivity index (χ3n) is 7.04. The minimum atomic E-state index is -0.862. The SMILES string of the molecule is O=C(O)[C@@H]1C(Nc2nc(-c3c[nH]c4ncc(F)cc34)c3nccn3c2F)[C@H]2CC[C@@H]1CC2. The Labute approximate surface area is 180 Å². The van der Waals surface area contributed by atoms with Gasteiger partial charge in [0.15, 0.2) is 11.5 Å². The number of carbonyl (C=O) groups is 1. The Morgan fingerprint density at radius 3 is 2.75 bits per heavy atom. The summed E-state index contributed by atoms with van der Waals surface area (Å²) in [6.07, 6.45) is 9.30. The van der Waals surface area contributed by atoms with Crippen molar-refractivity contribution in [3.8, 4) is 11.3 Å². The molecule has 0 saturated heterocycles. The fourth-order valence-corrected chi connectivity index (χ4v) is 5.58. The van der Waals surface area contributed by atoms with Crippen molar-refractivity contribution in [1.82, 2.24) is 24.3 Å². The van der Waals surface area contributed by atoms with Gasteiger partial charge in [0.25, 0.3) is 0 Å². The zero-order valence-electron chi connectivity index (χ0n) is 16.9. The van der Waals surface area contributed by atoms with E-state index < -0.39 is 29.7 Å². The molecule has 2 bridgehead atoms. The number of rotatable bonds is 4. The van der Waals surface area contributed by atoms with Crippen LogP contribution in [0.5, 0.6) is 0 Å². The van der Waals surface area contributed by atoms with E-state index in [2.05, 4.69) is 25.3 Å². The number of imidazole rings is 1. The Bertz CT molecular complexity index is 1360. The average Bonchev–Trinajstić information content (AvgIpc) is 3.44. The maximum atomic E-state index is 15.4. The Morgan fingerprint density at radius 1 is 1.19 bits per heavy atom. The number of carboxylic acid groups (broad SMARTS) is 1. The van der Waals surface area contributed by atoms with Crippen molar-refractivity contribution in [3.05, 3.63) is 42.6 Å². The Morgan fingerprint density at radius 2 is 1.97 bits per heavy atom. The number of aromatic nitrogens is 5. The van der Waals surface area contributed by atoms with E-state index >= 15 is 4.39 Å². The van der Waals surface area contributed by atoms with E-state index in [0.717, 1.165) is 31.9 Å². The Balaban J connectivity index is 1.49. The molecule has 10 heteroatoms.